The van der Waals surface area contributed by atoms with Gasteiger partial charge in [-0.05, 0) is 164 Å². The van der Waals surface area contributed by atoms with Crippen molar-refractivity contribution < 1.29 is 152 Å². The number of aliphatic carboxylic acids is 1. The van der Waals surface area contributed by atoms with E-state index in [0.29, 0.717) is 75.4 Å². The van der Waals surface area contributed by atoms with E-state index in [2.05, 4.69) is 83.9 Å². The number of allylic oxidation sites excluding steroid dienone is 1. The molecule has 684 valence electrons. The summed E-state index contributed by atoms with van der Waals surface area (Å²) in [5, 5.41) is 87.2. The van der Waals surface area contributed by atoms with Crippen LogP contribution in [0.4, 0.5) is 0 Å². The summed E-state index contributed by atoms with van der Waals surface area (Å²) >= 11 is 0. The van der Waals surface area contributed by atoms with Crippen LogP contribution in [0.25, 0.3) is 24.3 Å². The number of hydrogen-bond donors (Lipinski definition) is 11. The van der Waals surface area contributed by atoms with Crippen molar-refractivity contribution in [1.82, 2.24) is 0 Å². The molecule has 0 aliphatic rings. The summed E-state index contributed by atoms with van der Waals surface area (Å²) in [7, 11) is -3.99. The third-order valence-corrected chi connectivity index (χ3v) is 14.3. The number of carboxylic acids is 1. The number of rotatable bonds is 29. The van der Waals surface area contributed by atoms with Crippen LogP contribution in [0.3, 0.4) is 0 Å². The molecule has 7 heterocycles. The number of Topliss-reactive ketones (excluding diaryl/α,β-unsaturated/α-hetero) is 1. The van der Waals surface area contributed by atoms with E-state index in [-0.39, 0.29) is 108 Å². The quantitative estimate of drug-likeness (QED) is 0.00394. The number of nitriles is 1. The van der Waals surface area contributed by atoms with E-state index in [1.807, 2.05) is 0 Å². The van der Waals surface area contributed by atoms with Crippen LogP contribution >= 0.6 is 15.2 Å². The van der Waals surface area contributed by atoms with Gasteiger partial charge in [-0.3, -0.25) is 33.1 Å². The number of ketones is 2. The summed E-state index contributed by atoms with van der Waals surface area (Å²) in [6.07, 6.45) is 18.0. The Morgan fingerprint density at radius 3 is 0.926 bits per heavy atom. The first-order valence-corrected chi connectivity index (χ1v) is 41.2. The second-order valence-electron chi connectivity index (χ2n) is 22.6. The maximum absolute atomic E-state index is 11.6. The second kappa shape index (κ2) is 87.1. The molecule has 7 rings (SSSR count). The number of methoxy groups -OCH3 is 2. The van der Waals surface area contributed by atoms with E-state index in [1.54, 1.807) is 113 Å². The maximum Gasteiger partial charge on any atom is 0.341 e. The van der Waals surface area contributed by atoms with Crippen LogP contribution < -0.4 is 11.5 Å². The fourth-order valence-electron chi connectivity index (χ4n) is 6.14. The molecule has 0 saturated carbocycles. The number of ether oxygens (including phenoxy) is 2. The Morgan fingerprint density at radius 2 is 0.694 bits per heavy atom. The number of esters is 2. The van der Waals surface area contributed by atoms with Crippen LogP contribution in [-0.2, 0) is 117 Å². The van der Waals surface area contributed by atoms with Gasteiger partial charge in [-0.2, -0.15) is 5.26 Å². The Kier molecular flexibility index (Phi) is 90.6. The van der Waals surface area contributed by atoms with Gasteiger partial charge in [0.15, 0.2) is 17.8 Å². The molecule has 7 aromatic rings. The molecule has 0 aliphatic carbocycles. The van der Waals surface area contributed by atoms with Crippen molar-refractivity contribution in [3.63, 3.8) is 0 Å². The minimum atomic E-state index is -3.27. The number of carbonyl (C=O) groups is 8. The highest BCUT2D eigenvalue weighted by Gasteiger charge is 2.28. The molecule has 13 N–H and O–H groups in total. The molecule has 7 aromatic heterocycles. The van der Waals surface area contributed by atoms with E-state index in [9.17, 15) is 47.5 Å². The zero-order chi connectivity index (χ0) is 94.4. The molecule has 2 amide bonds. The molecule has 0 aliphatic heterocycles. The van der Waals surface area contributed by atoms with Gasteiger partial charge in [-0.15, -0.1) is 0 Å². The molecular weight excluding hydrogens is 1630 g/mol. The Bertz CT molecular complexity index is 3840. The van der Waals surface area contributed by atoms with Crippen LogP contribution in [0, 0.1) is 11.3 Å². The third kappa shape index (κ3) is 82.7. The summed E-state index contributed by atoms with van der Waals surface area (Å²) in [6.45, 7) is 32.4. The summed E-state index contributed by atoms with van der Waals surface area (Å²) < 4.78 is 85.9. The lowest BCUT2D eigenvalue weighted by Crippen LogP contribution is -2.18. The van der Waals surface area contributed by atoms with Gasteiger partial charge >= 0.3 is 33.1 Å². The number of amides is 2. The number of aliphatic hydroxyl groups is 7. The number of nitrogens with zero attached hydrogens (tertiary/aromatic N) is 2. The lowest BCUT2D eigenvalue weighted by atomic mass is 10.3. The lowest BCUT2D eigenvalue weighted by Gasteiger charge is -2.15. The van der Waals surface area contributed by atoms with Crippen molar-refractivity contribution in [1.29, 1.82) is 5.26 Å². The number of primary amides is 2. The third-order valence-electron chi connectivity index (χ3n) is 10.3. The summed E-state index contributed by atoms with van der Waals surface area (Å²) in [5.41, 5.74) is 9.73. The van der Waals surface area contributed by atoms with E-state index >= 15 is 0 Å². The number of carbonyl (C=O) groups excluding carboxylic acids is 7. The van der Waals surface area contributed by atoms with Crippen LogP contribution in [0.15, 0.2) is 145 Å². The van der Waals surface area contributed by atoms with E-state index in [0.717, 1.165) is 12.3 Å². The Balaban J connectivity index is -0.000000193. The first kappa shape index (κ1) is 126. The van der Waals surface area contributed by atoms with Gasteiger partial charge < -0.3 is 121 Å². The monoisotopic (exact) mass is 1760 g/mol. The first-order valence-electron chi connectivity index (χ1n) is 37.8. The normalized spacial score (nSPS) is 9.93. The SMILES string of the molecule is CC(=O)/C=C/c1ccc(CO)o1.CC(C)=O.CCC.CCC.CCC.CCC.CCC.CCOP(=O)(CC(=O)OC)OCC.CCOP(=O)(CC(N)=O)OCC.COC(=O)/C=C/c1ccc(CO)o1.N#Cc1ccc(CO)o1.NC(=O)/C=C/c1ccc(CO)o1.O=C(O)/C=C/c1ccc(CO)o1.O=Cc1ccc(CO)o1.OCc1ccc(/C=N/O)o1. The van der Waals surface area contributed by atoms with Gasteiger partial charge in [0.25, 0.3) is 0 Å². The standard InChI is InChI=1S/C9H10O4.C9H10O3.C8H9NO3.C8H8O4.C7H15O5P.C6H14NO4P.C6H7NO3.C6H5NO2.C6H6O3.C3H6O.5C3H8/c1-12-9(11)5-4-7-2-3-8(6-10)13-7;1-7(11)2-3-8-4-5-9(6-10)12-8;9-8(11)4-3-6-1-2-7(5-10)12-6;9-5-7-2-1-6(12-7)3-4-8(10)11;1-4-11-13(9,12-5-2)6-7(8)10-3;1-3-10-12(9,11-4-2)5-6(7)8;8-4-6-2-1-5(10-6)3-7-9;2*7-3-5-1-2-6(4-8)9-5;1-3(2)4;5*1-3-2/h2-5,10H,6H2,1H3;2-5,10H,6H2,1H3;1-4,10H,5H2,(H2,9,11);1-4,9H,5H2,(H,10,11);4-6H2,1-3H3;3-5H2,1-2H3,(H2,7,8);1-3,8-9H,4H2;1-2,8H,4H2;1-3,8H,4H2;1-2H3;5*3H2,1-2H3/b5-4+;3-2+;2*4-3+;;;7-3+;;;;;;;;. The van der Waals surface area contributed by atoms with Gasteiger partial charge in [0.05, 0.1) is 40.6 Å². The Hall–Kier alpha value is -10.7. The summed E-state index contributed by atoms with van der Waals surface area (Å²) in [6, 6.07) is 24.3. The molecule has 0 spiro atoms. The van der Waals surface area contributed by atoms with E-state index < -0.39 is 44.9 Å². The first-order chi connectivity index (χ1) is 57.4. The van der Waals surface area contributed by atoms with Crippen LogP contribution in [0.1, 0.15) is 235 Å². The van der Waals surface area contributed by atoms with Crippen molar-refractivity contribution in [2.45, 2.75) is 196 Å². The molecule has 0 unspecified atom stereocenters. The van der Waals surface area contributed by atoms with Crippen molar-refractivity contribution in [2.75, 3.05) is 53.0 Å². The predicted molar refractivity (Wildman–Crippen MR) is 456 cm³/mol. The number of carboxylic acid groups (broad SMARTS) is 1. The van der Waals surface area contributed by atoms with Crippen molar-refractivity contribution in [2.24, 2.45) is 16.6 Å². The number of aldehydes is 1. The minimum absolute atomic E-state index is 0.0306. The fourth-order valence-corrected chi connectivity index (χ4v) is 9.06. The molecule has 121 heavy (non-hydrogen) atoms. The van der Waals surface area contributed by atoms with Gasteiger partial charge in [0.1, 0.15) is 146 Å². The Labute approximate surface area is 709 Å². The van der Waals surface area contributed by atoms with E-state index in [4.69, 9.17) is 112 Å². The van der Waals surface area contributed by atoms with Gasteiger partial charge in [0, 0.05) is 18.2 Å². The molecule has 0 radical (unpaired) electrons. The number of hydrogen-bond acceptors (Lipinski definition) is 33. The van der Waals surface area contributed by atoms with Crippen LogP contribution in [0.2, 0.25) is 0 Å². The molecule has 38 heteroatoms. The topological polar surface area (TPSA) is 588 Å². The molecule has 0 fully saturated rings. The van der Waals surface area contributed by atoms with Crippen LogP contribution in [0.5, 0.6) is 0 Å². The van der Waals surface area contributed by atoms with E-state index in [1.165, 1.54) is 116 Å². The number of oxime groups is 1. The number of aliphatic hydroxyl groups excluding tert-OH is 7. The highest BCUT2D eigenvalue weighted by molar-refractivity contribution is 7.55. The molecule has 0 bridgehead atoms. The number of nitrogens with two attached hydrogens (primary N) is 2. The zero-order valence-corrected chi connectivity index (χ0v) is 74.7. The fraction of sp³-hybridized carbons (Fsp3) is 0.446. The molecule has 36 nitrogen and oxygen atoms in total. The minimum Gasteiger partial charge on any atom is -0.478 e. The van der Waals surface area contributed by atoms with Crippen molar-refractivity contribution in [3.8, 4) is 6.07 Å². The maximum atomic E-state index is 11.6. The summed E-state index contributed by atoms with van der Waals surface area (Å²) in [5.74, 6) is 2.89. The zero-order valence-electron chi connectivity index (χ0n) is 72.9. The molecule has 0 aromatic carbocycles. The highest BCUT2D eigenvalue weighted by atomic mass is 31.2. The second-order valence-corrected chi connectivity index (χ2v) is 26.7. The molecule has 0 saturated heterocycles. The van der Waals surface area contributed by atoms with Gasteiger partial charge in [-0.25, -0.2) is 9.59 Å². The highest BCUT2D eigenvalue weighted by Crippen LogP contribution is 2.48. The predicted octanol–water partition coefficient (Wildman–Crippen LogP) is 15.1. The molecule has 0 atom stereocenters. The lowest BCUT2D eigenvalue weighted by molar-refractivity contribution is -0.138. The summed E-state index contributed by atoms with van der Waals surface area (Å²) in [4.78, 5) is 82.2. The Morgan fingerprint density at radius 1 is 0.421 bits per heavy atom. The van der Waals surface area contributed by atoms with Gasteiger partial charge in [-0.1, -0.05) is 106 Å². The van der Waals surface area contributed by atoms with Crippen LogP contribution in [-0.4, -0.2) is 153 Å². The largest absolute Gasteiger partial charge is 0.478 e. The van der Waals surface area contributed by atoms with Crippen molar-refractivity contribution in [3.05, 3.63) is 190 Å². The number of furan rings is 7. The molecular formula is C83H130N4O32P2. The van der Waals surface area contributed by atoms with Crippen molar-refractivity contribution >= 4 is 93.3 Å². The average Bonchev–Trinajstić information content (AvgIpc) is 1.89. The smallest absolute Gasteiger partial charge is 0.341 e. The average molecular weight is 1760 g/mol. The van der Waals surface area contributed by atoms with Gasteiger partial charge in [0.2, 0.25) is 17.6 Å².